The van der Waals surface area contributed by atoms with Gasteiger partial charge >= 0.3 is 0 Å². The molecular formula is C18H21N5O2. The second kappa shape index (κ2) is 7.38. The van der Waals surface area contributed by atoms with Crippen molar-refractivity contribution in [3.05, 3.63) is 47.7 Å². The molecule has 0 unspecified atom stereocenters. The number of hydrogen-bond donors (Lipinski definition) is 1. The number of hydrogen-bond acceptors (Lipinski definition) is 5. The van der Waals surface area contributed by atoms with Gasteiger partial charge in [-0.15, -0.1) is 0 Å². The summed E-state index contributed by atoms with van der Waals surface area (Å²) in [4.78, 5) is 38.5. The SMILES string of the molecule is CC(=O)Nc1cc(C(=O)N2CCC(c3cncc(C)n3)CC2)ccn1. The maximum absolute atomic E-state index is 12.7. The molecule has 3 rings (SSSR count). The molecule has 1 aliphatic heterocycles. The maximum Gasteiger partial charge on any atom is 0.254 e. The molecule has 0 saturated carbocycles. The first-order valence-corrected chi connectivity index (χ1v) is 8.34. The number of piperidine rings is 1. The zero-order valence-corrected chi connectivity index (χ0v) is 14.4. The van der Waals surface area contributed by atoms with Crippen LogP contribution >= 0.6 is 0 Å². The lowest BCUT2D eigenvalue weighted by Gasteiger charge is -2.31. The summed E-state index contributed by atoms with van der Waals surface area (Å²) in [6.45, 7) is 4.70. The Morgan fingerprint density at radius 3 is 2.68 bits per heavy atom. The lowest BCUT2D eigenvalue weighted by molar-refractivity contribution is -0.114. The molecule has 2 amide bonds. The summed E-state index contributed by atoms with van der Waals surface area (Å²) in [5.41, 5.74) is 2.45. The number of amides is 2. The molecule has 2 aromatic heterocycles. The van der Waals surface area contributed by atoms with Crippen LogP contribution in [0.15, 0.2) is 30.7 Å². The predicted octanol–water partition coefficient (Wildman–Crippen LogP) is 2.16. The zero-order valence-electron chi connectivity index (χ0n) is 14.4. The summed E-state index contributed by atoms with van der Waals surface area (Å²) < 4.78 is 0. The van der Waals surface area contributed by atoms with E-state index in [2.05, 4.69) is 20.3 Å². The molecule has 0 aromatic carbocycles. The Labute approximate surface area is 146 Å². The molecule has 0 aliphatic carbocycles. The summed E-state index contributed by atoms with van der Waals surface area (Å²) in [6, 6.07) is 3.29. The highest BCUT2D eigenvalue weighted by atomic mass is 16.2. The molecule has 0 radical (unpaired) electrons. The van der Waals surface area contributed by atoms with Crippen molar-refractivity contribution in [1.82, 2.24) is 19.9 Å². The van der Waals surface area contributed by atoms with Crippen LogP contribution < -0.4 is 5.32 Å². The van der Waals surface area contributed by atoms with E-state index in [1.807, 2.05) is 18.0 Å². The molecule has 2 aromatic rings. The standard InChI is InChI=1S/C18H21N5O2/c1-12-10-19-11-16(21-12)14-4-7-23(8-5-14)18(25)15-3-6-20-17(9-15)22-13(2)24/h3,6,9-11,14H,4-5,7-8H2,1-2H3,(H,20,22,24). The summed E-state index contributed by atoms with van der Waals surface area (Å²) in [6.07, 6.45) is 6.84. The van der Waals surface area contributed by atoms with Crippen LogP contribution in [0.3, 0.4) is 0 Å². The number of anilines is 1. The van der Waals surface area contributed by atoms with E-state index in [0.717, 1.165) is 24.2 Å². The van der Waals surface area contributed by atoms with E-state index < -0.39 is 0 Å². The summed E-state index contributed by atoms with van der Waals surface area (Å²) in [7, 11) is 0. The van der Waals surface area contributed by atoms with Crippen molar-refractivity contribution in [2.45, 2.75) is 32.6 Å². The highest BCUT2D eigenvalue weighted by Crippen LogP contribution is 2.27. The quantitative estimate of drug-likeness (QED) is 0.926. The minimum Gasteiger partial charge on any atom is -0.339 e. The third-order valence-electron chi connectivity index (χ3n) is 4.29. The molecule has 0 atom stereocenters. The van der Waals surface area contributed by atoms with Crippen LogP contribution in [0.2, 0.25) is 0 Å². The summed E-state index contributed by atoms with van der Waals surface area (Å²) >= 11 is 0. The fourth-order valence-corrected chi connectivity index (χ4v) is 3.05. The molecule has 7 heteroatoms. The van der Waals surface area contributed by atoms with E-state index in [1.165, 1.54) is 13.1 Å². The van der Waals surface area contributed by atoms with Gasteiger partial charge in [-0.3, -0.25) is 19.6 Å². The van der Waals surface area contributed by atoms with E-state index in [0.29, 0.717) is 30.4 Å². The van der Waals surface area contributed by atoms with Gasteiger partial charge in [0, 0.05) is 50.1 Å². The largest absolute Gasteiger partial charge is 0.339 e. The molecular weight excluding hydrogens is 318 g/mol. The van der Waals surface area contributed by atoms with E-state index in [4.69, 9.17) is 0 Å². The van der Waals surface area contributed by atoms with Crippen LogP contribution in [0.5, 0.6) is 0 Å². The highest BCUT2D eigenvalue weighted by Gasteiger charge is 2.25. The second-order valence-corrected chi connectivity index (χ2v) is 6.26. The average molecular weight is 339 g/mol. The molecule has 25 heavy (non-hydrogen) atoms. The smallest absolute Gasteiger partial charge is 0.254 e. The third-order valence-corrected chi connectivity index (χ3v) is 4.29. The van der Waals surface area contributed by atoms with Crippen molar-refractivity contribution in [2.75, 3.05) is 18.4 Å². The minimum absolute atomic E-state index is 0.0391. The summed E-state index contributed by atoms with van der Waals surface area (Å²) in [5.74, 6) is 0.479. The van der Waals surface area contributed by atoms with Gasteiger partial charge < -0.3 is 10.2 Å². The first-order valence-electron chi connectivity index (χ1n) is 8.34. The molecule has 3 heterocycles. The second-order valence-electron chi connectivity index (χ2n) is 6.26. The van der Waals surface area contributed by atoms with E-state index in [9.17, 15) is 9.59 Å². The Balaban J connectivity index is 1.64. The van der Waals surface area contributed by atoms with Crippen molar-refractivity contribution in [1.29, 1.82) is 0 Å². The van der Waals surface area contributed by atoms with Crippen molar-refractivity contribution in [3.8, 4) is 0 Å². The topological polar surface area (TPSA) is 88.1 Å². The summed E-state index contributed by atoms with van der Waals surface area (Å²) in [5, 5.41) is 2.60. The molecule has 0 spiro atoms. The minimum atomic E-state index is -0.211. The Morgan fingerprint density at radius 2 is 2.00 bits per heavy atom. The van der Waals surface area contributed by atoms with Gasteiger partial charge in [0.2, 0.25) is 5.91 Å². The lowest BCUT2D eigenvalue weighted by atomic mass is 9.93. The number of likely N-dealkylation sites (tertiary alicyclic amines) is 1. The van der Waals surface area contributed by atoms with Crippen LogP contribution in [-0.2, 0) is 4.79 Å². The van der Waals surface area contributed by atoms with Gasteiger partial charge in [-0.2, -0.15) is 0 Å². The number of nitrogens with zero attached hydrogens (tertiary/aromatic N) is 4. The van der Waals surface area contributed by atoms with Crippen molar-refractivity contribution in [2.24, 2.45) is 0 Å². The Bertz CT molecular complexity index is 785. The zero-order chi connectivity index (χ0) is 17.8. The first kappa shape index (κ1) is 17.0. The van der Waals surface area contributed by atoms with Crippen LogP contribution in [-0.4, -0.2) is 44.8 Å². The molecule has 1 fully saturated rings. The van der Waals surface area contributed by atoms with Crippen LogP contribution in [0.25, 0.3) is 0 Å². The average Bonchev–Trinajstić information content (AvgIpc) is 2.61. The van der Waals surface area contributed by atoms with Gasteiger partial charge in [0.1, 0.15) is 5.82 Å². The van der Waals surface area contributed by atoms with E-state index >= 15 is 0 Å². The number of nitrogens with one attached hydrogen (secondary N) is 1. The van der Waals surface area contributed by atoms with Crippen molar-refractivity contribution >= 4 is 17.6 Å². The maximum atomic E-state index is 12.7. The number of pyridine rings is 1. The van der Waals surface area contributed by atoms with Crippen LogP contribution in [0, 0.1) is 6.92 Å². The number of aryl methyl sites for hydroxylation is 1. The van der Waals surface area contributed by atoms with E-state index in [-0.39, 0.29) is 11.8 Å². The molecule has 1 N–H and O–H groups in total. The van der Waals surface area contributed by atoms with Gasteiger partial charge in [-0.25, -0.2) is 4.98 Å². The number of rotatable bonds is 3. The number of carbonyl (C=O) groups is 2. The molecule has 1 aliphatic rings. The van der Waals surface area contributed by atoms with E-state index in [1.54, 1.807) is 18.3 Å². The number of carbonyl (C=O) groups excluding carboxylic acids is 2. The fraction of sp³-hybridized carbons (Fsp3) is 0.389. The highest BCUT2D eigenvalue weighted by molar-refractivity contribution is 5.96. The fourth-order valence-electron chi connectivity index (χ4n) is 3.05. The van der Waals surface area contributed by atoms with Gasteiger partial charge in [-0.05, 0) is 31.9 Å². The van der Waals surface area contributed by atoms with Crippen molar-refractivity contribution in [3.63, 3.8) is 0 Å². The monoisotopic (exact) mass is 339 g/mol. The van der Waals surface area contributed by atoms with Gasteiger partial charge in [0.15, 0.2) is 0 Å². The molecule has 0 bridgehead atoms. The Hall–Kier alpha value is -2.83. The van der Waals surface area contributed by atoms with Gasteiger partial charge in [0.25, 0.3) is 5.91 Å². The molecule has 7 nitrogen and oxygen atoms in total. The normalized spacial score (nSPS) is 15.0. The predicted molar refractivity (Wildman–Crippen MR) is 93.2 cm³/mol. The van der Waals surface area contributed by atoms with Gasteiger partial charge in [0.05, 0.1) is 11.4 Å². The first-order chi connectivity index (χ1) is 12.0. The van der Waals surface area contributed by atoms with Gasteiger partial charge in [-0.1, -0.05) is 0 Å². The lowest BCUT2D eigenvalue weighted by Crippen LogP contribution is -2.38. The Morgan fingerprint density at radius 1 is 1.24 bits per heavy atom. The van der Waals surface area contributed by atoms with Crippen molar-refractivity contribution < 1.29 is 9.59 Å². The number of aromatic nitrogens is 3. The molecule has 1 saturated heterocycles. The molecule has 130 valence electrons. The Kier molecular flexibility index (Phi) is 5.02. The third kappa shape index (κ3) is 4.17. The van der Waals surface area contributed by atoms with Crippen LogP contribution in [0.1, 0.15) is 47.4 Å². The van der Waals surface area contributed by atoms with Crippen LogP contribution in [0.4, 0.5) is 5.82 Å².